The highest BCUT2D eigenvalue weighted by Crippen LogP contribution is 2.21. The molecule has 1 atom stereocenters. The minimum atomic E-state index is 0.0463. The highest BCUT2D eigenvalue weighted by atomic mass is 16.2. The first-order valence-electron chi connectivity index (χ1n) is 8.15. The quantitative estimate of drug-likeness (QED) is 0.927. The molecule has 2 heterocycles. The maximum atomic E-state index is 12.4. The molecule has 1 aromatic carbocycles. The van der Waals surface area contributed by atoms with Crippen molar-refractivity contribution in [3.63, 3.8) is 0 Å². The third-order valence-electron chi connectivity index (χ3n) is 4.69. The Balaban J connectivity index is 1.56. The smallest absolute Gasteiger partial charge is 0.321 e. The van der Waals surface area contributed by atoms with Gasteiger partial charge in [-0.1, -0.05) is 19.1 Å². The standard InChI is InChI=1S/C17H25N3O/c1-2-14-6-5-7-15(12-14)18-17(21)20-11-8-16(13-20)19-9-3-4-10-19/h5-7,12,16H,2-4,8-11,13H2,1H3,(H,18,21)/t16-/m1/s1. The Hall–Kier alpha value is -1.55. The van der Waals surface area contributed by atoms with Gasteiger partial charge in [-0.3, -0.25) is 4.90 Å². The van der Waals surface area contributed by atoms with E-state index in [-0.39, 0.29) is 6.03 Å². The van der Waals surface area contributed by atoms with Gasteiger partial charge in [-0.25, -0.2) is 4.79 Å². The number of amides is 2. The highest BCUT2D eigenvalue weighted by molar-refractivity contribution is 5.89. The molecular formula is C17H25N3O. The third kappa shape index (κ3) is 3.38. The molecule has 4 heteroatoms. The lowest BCUT2D eigenvalue weighted by Crippen LogP contribution is -2.38. The van der Waals surface area contributed by atoms with Gasteiger partial charge >= 0.3 is 6.03 Å². The van der Waals surface area contributed by atoms with Crippen molar-refractivity contribution in [2.45, 2.75) is 38.6 Å². The van der Waals surface area contributed by atoms with Crippen LogP contribution in [0, 0.1) is 0 Å². The van der Waals surface area contributed by atoms with Crippen LogP contribution in [0.25, 0.3) is 0 Å². The lowest BCUT2D eigenvalue weighted by atomic mass is 10.1. The molecule has 0 aromatic heterocycles. The summed E-state index contributed by atoms with van der Waals surface area (Å²) in [6.07, 6.45) is 4.73. The number of benzene rings is 1. The van der Waals surface area contributed by atoms with Crippen LogP contribution < -0.4 is 5.32 Å². The van der Waals surface area contributed by atoms with Crippen molar-refractivity contribution in [1.29, 1.82) is 0 Å². The van der Waals surface area contributed by atoms with E-state index in [1.807, 2.05) is 17.0 Å². The molecule has 0 bridgehead atoms. The van der Waals surface area contributed by atoms with Crippen molar-refractivity contribution in [2.24, 2.45) is 0 Å². The van der Waals surface area contributed by atoms with Crippen LogP contribution in [-0.2, 0) is 6.42 Å². The molecular weight excluding hydrogens is 262 g/mol. The predicted octanol–water partition coefficient (Wildman–Crippen LogP) is 2.95. The molecule has 1 aromatic rings. The fourth-order valence-corrected chi connectivity index (χ4v) is 3.40. The van der Waals surface area contributed by atoms with Gasteiger partial charge < -0.3 is 10.2 Å². The van der Waals surface area contributed by atoms with E-state index in [1.54, 1.807) is 0 Å². The van der Waals surface area contributed by atoms with E-state index in [0.717, 1.165) is 31.6 Å². The Bertz CT molecular complexity index is 497. The monoisotopic (exact) mass is 287 g/mol. The Kier molecular flexibility index (Phi) is 4.44. The zero-order valence-electron chi connectivity index (χ0n) is 12.8. The summed E-state index contributed by atoms with van der Waals surface area (Å²) < 4.78 is 0. The summed E-state index contributed by atoms with van der Waals surface area (Å²) in [6, 6.07) is 8.74. The van der Waals surface area contributed by atoms with Crippen molar-refractivity contribution in [2.75, 3.05) is 31.5 Å². The minimum Gasteiger partial charge on any atom is -0.323 e. The molecule has 114 valence electrons. The average Bonchev–Trinajstić information content (AvgIpc) is 3.18. The van der Waals surface area contributed by atoms with E-state index in [1.165, 1.54) is 31.5 Å². The number of carbonyl (C=O) groups excluding carboxylic acids is 1. The highest BCUT2D eigenvalue weighted by Gasteiger charge is 2.31. The molecule has 0 radical (unpaired) electrons. The average molecular weight is 287 g/mol. The van der Waals surface area contributed by atoms with Gasteiger partial charge in [0.15, 0.2) is 0 Å². The Morgan fingerprint density at radius 3 is 2.86 bits per heavy atom. The van der Waals surface area contributed by atoms with Gasteiger partial charge in [0, 0.05) is 24.8 Å². The van der Waals surface area contributed by atoms with Gasteiger partial charge in [0.1, 0.15) is 0 Å². The van der Waals surface area contributed by atoms with Gasteiger partial charge in [-0.05, 0) is 56.5 Å². The molecule has 2 aliphatic heterocycles. The van der Waals surface area contributed by atoms with Crippen molar-refractivity contribution < 1.29 is 4.79 Å². The van der Waals surface area contributed by atoms with Crippen LogP contribution >= 0.6 is 0 Å². The molecule has 2 fully saturated rings. The molecule has 21 heavy (non-hydrogen) atoms. The Labute approximate surface area is 127 Å². The number of hydrogen-bond acceptors (Lipinski definition) is 2. The van der Waals surface area contributed by atoms with E-state index in [9.17, 15) is 4.79 Å². The number of rotatable bonds is 3. The van der Waals surface area contributed by atoms with E-state index in [2.05, 4.69) is 29.3 Å². The number of nitrogens with one attached hydrogen (secondary N) is 1. The zero-order valence-corrected chi connectivity index (χ0v) is 12.8. The molecule has 0 unspecified atom stereocenters. The summed E-state index contributed by atoms with van der Waals surface area (Å²) in [5.41, 5.74) is 2.16. The van der Waals surface area contributed by atoms with Crippen LogP contribution in [0.15, 0.2) is 24.3 Å². The van der Waals surface area contributed by atoms with Crippen molar-refractivity contribution >= 4 is 11.7 Å². The maximum absolute atomic E-state index is 12.4. The molecule has 2 aliphatic rings. The molecule has 2 amide bonds. The van der Waals surface area contributed by atoms with E-state index in [4.69, 9.17) is 0 Å². The van der Waals surface area contributed by atoms with Crippen LogP contribution in [0.2, 0.25) is 0 Å². The summed E-state index contributed by atoms with van der Waals surface area (Å²) >= 11 is 0. The predicted molar refractivity (Wildman–Crippen MR) is 85.6 cm³/mol. The van der Waals surface area contributed by atoms with E-state index < -0.39 is 0 Å². The maximum Gasteiger partial charge on any atom is 0.321 e. The Morgan fingerprint density at radius 2 is 2.10 bits per heavy atom. The number of carbonyl (C=O) groups is 1. The molecule has 3 rings (SSSR count). The van der Waals surface area contributed by atoms with E-state index in [0.29, 0.717) is 6.04 Å². The van der Waals surface area contributed by atoms with Gasteiger partial charge in [-0.2, -0.15) is 0 Å². The van der Waals surface area contributed by atoms with Crippen LogP contribution in [-0.4, -0.2) is 48.1 Å². The minimum absolute atomic E-state index is 0.0463. The summed E-state index contributed by atoms with van der Waals surface area (Å²) in [5, 5.41) is 3.04. The first-order chi connectivity index (χ1) is 10.3. The third-order valence-corrected chi connectivity index (χ3v) is 4.69. The SMILES string of the molecule is CCc1cccc(NC(=O)N2CC[C@@H](N3CCCC3)C2)c1. The topological polar surface area (TPSA) is 35.6 Å². The summed E-state index contributed by atoms with van der Waals surface area (Å²) in [5.74, 6) is 0. The first-order valence-corrected chi connectivity index (χ1v) is 8.15. The van der Waals surface area contributed by atoms with Gasteiger partial charge in [0.2, 0.25) is 0 Å². The second-order valence-corrected chi connectivity index (χ2v) is 6.12. The number of nitrogens with zero attached hydrogens (tertiary/aromatic N) is 2. The molecule has 0 spiro atoms. The molecule has 0 aliphatic carbocycles. The fourth-order valence-electron chi connectivity index (χ4n) is 3.40. The molecule has 1 N–H and O–H groups in total. The van der Waals surface area contributed by atoms with Crippen molar-refractivity contribution in [1.82, 2.24) is 9.80 Å². The number of aryl methyl sites for hydroxylation is 1. The molecule has 0 saturated carbocycles. The summed E-state index contributed by atoms with van der Waals surface area (Å²) in [7, 11) is 0. The van der Waals surface area contributed by atoms with Gasteiger partial charge in [0.25, 0.3) is 0 Å². The second-order valence-electron chi connectivity index (χ2n) is 6.12. The van der Waals surface area contributed by atoms with Crippen LogP contribution in [0.3, 0.4) is 0 Å². The largest absolute Gasteiger partial charge is 0.323 e. The van der Waals surface area contributed by atoms with Crippen LogP contribution in [0.1, 0.15) is 31.7 Å². The second kappa shape index (κ2) is 6.48. The number of likely N-dealkylation sites (tertiary alicyclic amines) is 2. The van der Waals surface area contributed by atoms with Gasteiger partial charge in [-0.15, -0.1) is 0 Å². The summed E-state index contributed by atoms with van der Waals surface area (Å²) in [6.45, 7) is 6.29. The summed E-state index contributed by atoms with van der Waals surface area (Å²) in [4.78, 5) is 16.9. The first kappa shape index (κ1) is 14.4. The molecule has 4 nitrogen and oxygen atoms in total. The van der Waals surface area contributed by atoms with Crippen molar-refractivity contribution in [3.05, 3.63) is 29.8 Å². The number of hydrogen-bond donors (Lipinski definition) is 1. The number of urea groups is 1. The van der Waals surface area contributed by atoms with E-state index >= 15 is 0 Å². The normalized spacial score (nSPS) is 22.7. The fraction of sp³-hybridized carbons (Fsp3) is 0.588. The van der Waals surface area contributed by atoms with Crippen LogP contribution in [0.4, 0.5) is 10.5 Å². The van der Waals surface area contributed by atoms with Gasteiger partial charge in [0.05, 0.1) is 0 Å². The van der Waals surface area contributed by atoms with Crippen molar-refractivity contribution in [3.8, 4) is 0 Å². The molecule has 2 saturated heterocycles. The Morgan fingerprint density at radius 1 is 1.29 bits per heavy atom. The lowest BCUT2D eigenvalue weighted by Gasteiger charge is -2.23. The number of anilines is 1. The zero-order chi connectivity index (χ0) is 14.7. The van der Waals surface area contributed by atoms with Crippen LogP contribution in [0.5, 0.6) is 0 Å². The lowest BCUT2D eigenvalue weighted by molar-refractivity contribution is 0.210.